The summed E-state index contributed by atoms with van der Waals surface area (Å²) in [7, 11) is 2.99. The summed E-state index contributed by atoms with van der Waals surface area (Å²) in [5.41, 5.74) is 4.01. The minimum Gasteiger partial charge on any atom is -0.490 e. The van der Waals surface area contributed by atoms with Crippen molar-refractivity contribution in [2.75, 3.05) is 32.3 Å². The molecule has 0 amide bonds. The van der Waals surface area contributed by atoms with Crippen LogP contribution in [0, 0.1) is 0 Å². The lowest BCUT2D eigenvalue weighted by molar-refractivity contribution is 0.0600. The third-order valence-corrected chi connectivity index (χ3v) is 7.10. The summed E-state index contributed by atoms with van der Waals surface area (Å²) in [6, 6.07) is 22.3. The van der Waals surface area contributed by atoms with Gasteiger partial charge in [0.25, 0.3) is 0 Å². The minimum absolute atomic E-state index is 0.238. The van der Waals surface area contributed by atoms with E-state index in [9.17, 15) is 4.79 Å². The Morgan fingerprint density at radius 2 is 1.82 bits per heavy atom. The van der Waals surface area contributed by atoms with Gasteiger partial charge in [0.1, 0.15) is 18.4 Å². The van der Waals surface area contributed by atoms with E-state index >= 15 is 0 Å². The Morgan fingerprint density at radius 1 is 1.03 bits per heavy atom. The average Bonchev–Trinajstić information content (AvgIpc) is 3.58. The number of hydrogen-bond acceptors (Lipinski definition) is 6. The predicted molar refractivity (Wildman–Crippen MR) is 154 cm³/mol. The Hall–Kier alpha value is -3.92. The van der Waals surface area contributed by atoms with Gasteiger partial charge < -0.3 is 29.0 Å². The third-order valence-electron chi connectivity index (χ3n) is 6.49. The van der Waals surface area contributed by atoms with E-state index in [2.05, 4.69) is 20.9 Å². The zero-order valence-corrected chi connectivity index (χ0v) is 23.0. The number of thiocarbonyl (C=S) groups is 1. The molecule has 1 aliphatic heterocycles. The molecule has 10 heteroatoms. The predicted octanol–water partition coefficient (Wildman–Crippen LogP) is 5.51. The van der Waals surface area contributed by atoms with Crippen molar-refractivity contribution in [1.82, 2.24) is 14.9 Å². The molecule has 200 valence electrons. The molecule has 1 fully saturated rings. The summed E-state index contributed by atoms with van der Waals surface area (Å²) >= 11 is 12.5. The zero-order chi connectivity index (χ0) is 27.4. The molecular weight excluding hydrogens is 536 g/mol. The highest BCUT2D eigenvalue weighted by Gasteiger charge is 2.42. The van der Waals surface area contributed by atoms with Crippen molar-refractivity contribution >= 4 is 40.6 Å². The summed E-state index contributed by atoms with van der Waals surface area (Å²) < 4.78 is 17.7. The molecular formula is C29H27ClN4O4S. The fraction of sp³-hybridized carbons (Fsp3) is 0.207. The second kappa shape index (κ2) is 11.9. The number of nitrogens with one attached hydrogen (secondary N) is 1. The number of aromatic nitrogens is 2. The van der Waals surface area contributed by atoms with Crippen LogP contribution in [-0.2, 0) is 9.47 Å². The summed E-state index contributed by atoms with van der Waals surface area (Å²) in [4.78, 5) is 18.6. The average molecular weight is 563 g/mol. The van der Waals surface area contributed by atoms with Crippen LogP contribution in [0.4, 0.5) is 5.69 Å². The molecule has 8 nitrogen and oxygen atoms in total. The van der Waals surface area contributed by atoms with Crippen LogP contribution in [-0.4, -0.2) is 48.1 Å². The highest BCUT2D eigenvalue weighted by atomic mass is 35.5. The third kappa shape index (κ3) is 5.47. The number of ether oxygens (including phenoxy) is 3. The highest BCUT2D eigenvalue weighted by molar-refractivity contribution is 7.80. The van der Waals surface area contributed by atoms with Crippen molar-refractivity contribution < 1.29 is 19.0 Å². The number of halogens is 1. The Labute approximate surface area is 237 Å². The first-order valence-electron chi connectivity index (χ1n) is 12.3. The lowest BCUT2D eigenvalue weighted by Crippen LogP contribution is -2.30. The van der Waals surface area contributed by atoms with Crippen molar-refractivity contribution in [1.29, 1.82) is 0 Å². The topological polar surface area (TPSA) is 77.9 Å². The molecule has 1 N–H and O–H groups in total. The Kier molecular flexibility index (Phi) is 8.11. The summed E-state index contributed by atoms with van der Waals surface area (Å²) in [5, 5.41) is 4.49. The number of nitrogens with zero attached hydrogens (tertiary/aromatic N) is 3. The van der Waals surface area contributed by atoms with Gasteiger partial charge in [-0.1, -0.05) is 17.7 Å². The van der Waals surface area contributed by atoms with Gasteiger partial charge in [-0.15, -0.1) is 0 Å². The van der Waals surface area contributed by atoms with E-state index in [4.69, 9.17) is 38.0 Å². The Bertz CT molecular complexity index is 1460. The van der Waals surface area contributed by atoms with Gasteiger partial charge in [0.05, 0.1) is 36.0 Å². The molecule has 0 spiro atoms. The number of pyridine rings is 1. The first-order chi connectivity index (χ1) is 19.0. The van der Waals surface area contributed by atoms with E-state index in [1.165, 1.54) is 7.11 Å². The number of methoxy groups -OCH3 is 2. The van der Waals surface area contributed by atoms with Crippen molar-refractivity contribution in [3.8, 4) is 11.4 Å². The van der Waals surface area contributed by atoms with Crippen LogP contribution in [0.2, 0.25) is 5.02 Å². The van der Waals surface area contributed by atoms with E-state index in [0.29, 0.717) is 34.7 Å². The molecule has 2 atom stereocenters. The number of esters is 1. The summed E-state index contributed by atoms with van der Waals surface area (Å²) in [6.07, 6.45) is 3.75. The molecule has 0 radical (unpaired) electrons. The first kappa shape index (κ1) is 26.7. The summed E-state index contributed by atoms with van der Waals surface area (Å²) in [6.45, 7) is 0.857. The van der Waals surface area contributed by atoms with Crippen LogP contribution in [0.25, 0.3) is 5.69 Å². The van der Waals surface area contributed by atoms with Crippen LogP contribution < -0.4 is 15.0 Å². The maximum atomic E-state index is 12.0. The second-order valence-electron chi connectivity index (χ2n) is 8.79. The van der Waals surface area contributed by atoms with Crippen LogP contribution in [0.15, 0.2) is 85.2 Å². The normalized spacial score (nSPS) is 16.7. The second-order valence-corrected chi connectivity index (χ2v) is 9.59. The molecule has 3 heterocycles. The van der Waals surface area contributed by atoms with Crippen molar-refractivity contribution in [2.45, 2.75) is 12.1 Å². The fourth-order valence-electron chi connectivity index (χ4n) is 4.67. The van der Waals surface area contributed by atoms with E-state index in [0.717, 1.165) is 22.8 Å². The van der Waals surface area contributed by atoms with Crippen molar-refractivity contribution in [2.24, 2.45) is 0 Å². The van der Waals surface area contributed by atoms with Crippen molar-refractivity contribution in [3.63, 3.8) is 0 Å². The van der Waals surface area contributed by atoms with E-state index in [-0.39, 0.29) is 18.1 Å². The first-order valence-corrected chi connectivity index (χ1v) is 13.1. The highest BCUT2D eigenvalue weighted by Crippen LogP contribution is 2.43. The molecule has 1 saturated heterocycles. The summed E-state index contributed by atoms with van der Waals surface area (Å²) in [5.74, 6) is 0.190. The number of carbonyl (C=O) groups is 1. The lowest BCUT2D eigenvalue weighted by Gasteiger charge is -2.29. The quantitative estimate of drug-likeness (QED) is 0.162. The molecule has 0 unspecified atom stereocenters. The number of hydrogen-bond donors (Lipinski definition) is 1. The molecule has 5 rings (SSSR count). The molecule has 2 aromatic heterocycles. The smallest absolute Gasteiger partial charge is 0.337 e. The largest absolute Gasteiger partial charge is 0.490 e. The number of benzene rings is 2. The van der Waals surface area contributed by atoms with E-state index in [1.807, 2.05) is 65.7 Å². The maximum absolute atomic E-state index is 12.0. The van der Waals surface area contributed by atoms with Gasteiger partial charge in [0.2, 0.25) is 0 Å². The van der Waals surface area contributed by atoms with Crippen LogP contribution >= 0.6 is 23.8 Å². The maximum Gasteiger partial charge on any atom is 0.337 e. The van der Waals surface area contributed by atoms with Gasteiger partial charge in [-0.05, 0) is 78.9 Å². The zero-order valence-electron chi connectivity index (χ0n) is 21.4. The van der Waals surface area contributed by atoms with Crippen LogP contribution in [0.1, 0.15) is 33.8 Å². The molecule has 39 heavy (non-hydrogen) atoms. The van der Waals surface area contributed by atoms with Gasteiger partial charge in [-0.3, -0.25) is 4.98 Å². The van der Waals surface area contributed by atoms with Gasteiger partial charge in [-0.2, -0.15) is 0 Å². The molecule has 0 bridgehead atoms. The van der Waals surface area contributed by atoms with Crippen LogP contribution in [0.5, 0.6) is 5.75 Å². The van der Waals surface area contributed by atoms with Crippen LogP contribution in [0.3, 0.4) is 0 Å². The van der Waals surface area contributed by atoms with E-state index in [1.54, 1.807) is 25.4 Å². The number of carbonyl (C=O) groups excluding carboxylic acids is 1. The molecule has 0 saturated carbocycles. The van der Waals surface area contributed by atoms with Gasteiger partial charge >= 0.3 is 5.97 Å². The van der Waals surface area contributed by atoms with E-state index < -0.39 is 0 Å². The standard InChI is InChI=1S/C29H27ClN4O4S/c1-36-16-17-38-25-13-12-21(18-22(25)30)34-27(26(32-29(34)39)23-6-3-4-14-31-23)24-7-5-15-33(24)20-10-8-19(9-11-20)28(35)37-2/h3-15,18,26-27H,16-17H2,1-2H3,(H,32,39)/t26-,27+/m0/s1. The number of rotatable bonds is 9. The van der Waals surface area contributed by atoms with Gasteiger partial charge in [0, 0.05) is 36.6 Å². The minimum atomic E-state index is -0.382. The Morgan fingerprint density at radius 3 is 2.51 bits per heavy atom. The Balaban J connectivity index is 1.56. The molecule has 1 aliphatic rings. The molecule has 0 aliphatic carbocycles. The van der Waals surface area contributed by atoms with Crippen molar-refractivity contribution in [3.05, 3.63) is 107 Å². The monoisotopic (exact) mass is 562 g/mol. The molecule has 2 aromatic carbocycles. The lowest BCUT2D eigenvalue weighted by atomic mass is 10.0. The fourth-order valence-corrected chi connectivity index (χ4v) is 5.25. The van der Waals surface area contributed by atoms with Gasteiger partial charge in [-0.25, -0.2) is 4.79 Å². The SMILES string of the molecule is COCCOc1ccc(N2C(=S)N[C@@H](c3ccccn3)[C@H]2c2cccn2-c2ccc(C(=O)OC)cc2)cc1Cl. The van der Waals surface area contributed by atoms with Gasteiger partial charge in [0.15, 0.2) is 5.11 Å². The number of anilines is 1. The molecule has 4 aromatic rings.